The maximum Gasteiger partial charge on any atom is 0.232 e. The van der Waals surface area contributed by atoms with E-state index in [9.17, 15) is 0 Å². The van der Waals surface area contributed by atoms with Crippen molar-refractivity contribution in [2.45, 2.75) is 27.6 Å². The van der Waals surface area contributed by atoms with Gasteiger partial charge in [0.25, 0.3) is 0 Å². The number of hydrogen-bond acceptors (Lipinski definition) is 3. The summed E-state index contributed by atoms with van der Waals surface area (Å²) in [5.41, 5.74) is 13.8. The summed E-state index contributed by atoms with van der Waals surface area (Å²) in [5.74, 6) is 0. The van der Waals surface area contributed by atoms with Gasteiger partial charge in [0.15, 0.2) is 6.20 Å². The summed E-state index contributed by atoms with van der Waals surface area (Å²) in [6.07, 6.45) is 2.27. The van der Waals surface area contributed by atoms with E-state index < -0.39 is 6.85 Å². The molecule has 0 aliphatic carbocycles. The Morgan fingerprint density at radius 2 is 0.908 bits per heavy atom. The van der Waals surface area contributed by atoms with Crippen molar-refractivity contribution in [1.82, 2.24) is 0 Å². The molecule has 0 atom stereocenters. The maximum atomic E-state index is 7.67. The third kappa shape index (κ3) is 8.20. The smallest absolute Gasteiger partial charge is 0.200 e. The summed E-state index contributed by atoms with van der Waals surface area (Å²) in [6.45, 7) is 4.26. The SMILES string of the molecule is Cc1ccccc1-c1cc2c(c[n+]1C)sc1c3ccccc3ccc21.Cc1ccccc1-c1ccc2sc3cc4ccccc4cc3c2[n+]1C.[2H]C([2H])([2H])c1ccc(-c2ccc3sc4ccc5ccccc5c4c3[n+]2C)c(C)c1. The molecule has 0 spiro atoms. The van der Waals surface area contributed by atoms with Gasteiger partial charge in [-0.15, -0.1) is 34.0 Å². The van der Waals surface area contributed by atoms with Crippen LogP contribution in [-0.2, 0) is 21.1 Å². The van der Waals surface area contributed by atoms with Crippen LogP contribution < -0.4 is 13.7 Å². The first kappa shape index (κ1) is 44.2. The predicted octanol–water partition coefficient (Wildman–Crippen LogP) is 18.3. The van der Waals surface area contributed by atoms with Crippen molar-refractivity contribution >= 4 is 127 Å². The van der Waals surface area contributed by atoms with Crippen LogP contribution >= 0.6 is 34.0 Å². The highest BCUT2D eigenvalue weighted by Gasteiger charge is 2.23. The lowest BCUT2D eigenvalue weighted by Crippen LogP contribution is -2.31. The Bertz CT molecular complexity index is 4880. The molecule has 0 bridgehead atoms. The first-order valence-electron chi connectivity index (χ1n) is 27.2. The van der Waals surface area contributed by atoms with E-state index in [0.717, 1.165) is 16.8 Å². The van der Waals surface area contributed by atoms with Crippen molar-refractivity contribution in [3.8, 4) is 33.8 Å². The lowest BCUT2D eigenvalue weighted by atomic mass is 10.0. The summed E-state index contributed by atoms with van der Waals surface area (Å²) in [4.78, 5) is 0. The molecule has 0 saturated carbocycles. The number of fused-ring (bicyclic) bond motifs is 14. The highest BCUT2D eigenvalue weighted by atomic mass is 32.1. The van der Waals surface area contributed by atoms with Gasteiger partial charge in [0.05, 0.1) is 15.5 Å². The zero-order valence-electron chi connectivity index (χ0n) is 46.3. The molecule has 76 heavy (non-hydrogen) atoms. The second-order valence-electron chi connectivity index (χ2n) is 20.0. The average Bonchev–Trinajstić information content (AvgIpc) is 4.18. The van der Waals surface area contributed by atoms with Crippen LogP contribution in [0.1, 0.15) is 26.4 Å². The van der Waals surface area contributed by atoms with Gasteiger partial charge in [-0.05, 0) is 125 Å². The van der Waals surface area contributed by atoms with Crippen LogP contribution in [0.2, 0.25) is 0 Å². The first-order valence-corrected chi connectivity index (χ1v) is 28.2. The van der Waals surface area contributed by atoms with E-state index in [4.69, 9.17) is 4.11 Å². The van der Waals surface area contributed by atoms with Gasteiger partial charge in [-0.1, -0.05) is 145 Å². The number of aromatic nitrogens is 3. The number of aryl methyl sites for hydroxylation is 7. The molecule has 15 aromatic rings. The second kappa shape index (κ2) is 19.2. The fourth-order valence-electron chi connectivity index (χ4n) is 11.4. The molecule has 0 unspecified atom stereocenters. The van der Waals surface area contributed by atoms with E-state index in [1.165, 1.54) is 127 Å². The van der Waals surface area contributed by atoms with Crippen molar-refractivity contribution < 1.29 is 17.8 Å². The molecule has 0 amide bonds. The Morgan fingerprint density at radius 3 is 1.61 bits per heavy atom. The predicted molar refractivity (Wildman–Crippen MR) is 329 cm³/mol. The molecule has 366 valence electrons. The number of hydrogen-bond donors (Lipinski definition) is 0. The lowest BCUT2D eigenvalue weighted by molar-refractivity contribution is -0.659. The molecule has 6 heteroatoms. The molecular formula is C70H56N3S3+3. The van der Waals surface area contributed by atoms with Crippen molar-refractivity contribution in [2.24, 2.45) is 21.1 Å². The van der Waals surface area contributed by atoms with Crippen molar-refractivity contribution in [1.29, 1.82) is 0 Å². The van der Waals surface area contributed by atoms with Gasteiger partial charge < -0.3 is 0 Å². The van der Waals surface area contributed by atoms with Crippen molar-refractivity contribution in [2.75, 3.05) is 0 Å². The second-order valence-corrected chi connectivity index (χ2v) is 23.2. The van der Waals surface area contributed by atoms with Gasteiger partial charge in [0, 0.05) is 63.9 Å². The van der Waals surface area contributed by atoms with Crippen LogP contribution in [0.25, 0.3) is 127 Å². The molecule has 0 fully saturated rings. The van der Waals surface area contributed by atoms with E-state index in [-0.39, 0.29) is 0 Å². The van der Waals surface area contributed by atoms with Gasteiger partial charge >= 0.3 is 0 Å². The van der Waals surface area contributed by atoms with Crippen LogP contribution in [-0.4, -0.2) is 0 Å². The van der Waals surface area contributed by atoms with Crippen LogP contribution in [0.4, 0.5) is 0 Å². The fourth-order valence-corrected chi connectivity index (χ4v) is 15.0. The Kier molecular flexibility index (Phi) is 11.2. The molecular weight excluding hydrogens is 979 g/mol. The highest BCUT2D eigenvalue weighted by molar-refractivity contribution is 7.27. The van der Waals surface area contributed by atoms with E-state index >= 15 is 0 Å². The molecule has 0 saturated heterocycles. The minimum atomic E-state index is -2.09. The maximum absolute atomic E-state index is 7.67. The quantitative estimate of drug-likeness (QED) is 0.156. The van der Waals surface area contributed by atoms with Gasteiger partial charge in [-0.25, -0.2) is 0 Å². The molecule has 3 nitrogen and oxygen atoms in total. The molecule has 0 aliphatic heterocycles. The van der Waals surface area contributed by atoms with Gasteiger partial charge in [-0.2, -0.15) is 13.7 Å². The number of pyridine rings is 3. The largest absolute Gasteiger partial charge is 0.232 e. The summed E-state index contributed by atoms with van der Waals surface area (Å²) in [6, 6.07) is 73.2. The van der Waals surface area contributed by atoms with Crippen LogP contribution in [0.3, 0.4) is 0 Å². The summed E-state index contributed by atoms with van der Waals surface area (Å²) >= 11 is 5.58. The summed E-state index contributed by atoms with van der Waals surface area (Å²) in [7, 11) is 6.43. The minimum Gasteiger partial charge on any atom is -0.200 e. The monoisotopic (exact) mass is 1040 g/mol. The summed E-state index contributed by atoms with van der Waals surface area (Å²) < 4.78 is 37.8. The minimum absolute atomic E-state index is 0.384. The Hall–Kier alpha value is -8.13. The zero-order chi connectivity index (χ0) is 54.3. The number of rotatable bonds is 3. The molecule has 6 heterocycles. The van der Waals surface area contributed by atoms with Crippen LogP contribution in [0, 0.1) is 27.6 Å². The van der Waals surface area contributed by atoms with Crippen molar-refractivity contribution in [3.05, 3.63) is 235 Å². The summed E-state index contributed by atoms with van der Waals surface area (Å²) in [5, 5.41) is 13.1. The fraction of sp³-hybridized carbons (Fsp3) is 0.100. The highest BCUT2D eigenvalue weighted by Crippen LogP contribution is 2.41. The van der Waals surface area contributed by atoms with E-state index in [2.05, 4.69) is 243 Å². The lowest BCUT2D eigenvalue weighted by Gasteiger charge is -2.07. The van der Waals surface area contributed by atoms with Gasteiger partial charge in [-0.3, -0.25) is 0 Å². The first-order chi connectivity index (χ1) is 38.3. The number of thiophene rings is 3. The molecule has 6 aromatic heterocycles. The average molecular weight is 1040 g/mol. The molecule has 0 N–H and O–H groups in total. The zero-order valence-corrected chi connectivity index (χ0v) is 45.7. The molecule has 15 rings (SSSR count). The Morgan fingerprint density at radius 1 is 0.355 bits per heavy atom. The van der Waals surface area contributed by atoms with E-state index in [0.29, 0.717) is 5.56 Å². The number of benzene rings is 9. The third-order valence-electron chi connectivity index (χ3n) is 15.3. The third-order valence-corrected chi connectivity index (χ3v) is 18.7. The van der Waals surface area contributed by atoms with Gasteiger partial charge in [0.1, 0.15) is 30.5 Å². The van der Waals surface area contributed by atoms with E-state index in [1.807, 2.05) is 47.0 Å². The molecule has 9 aromatic carbocycles. The van der Waals surface area contributed by atoms with Crippen LogP contribution in [0.5, 0.6) is 0 Å². The van der Waals surface area contributed by atoms with Crippen LogP contribution in [0.15, 0.2) is 212 Å². The Labute approximate surface area is 459 Å². The Balaban J connectivity index is 0.000000113. The van der Waals surface area contributed by atoms with E-state index in [1.54, 1.807) is 12.1 Å². The normalized spacial score (nSPS) is 12.4. The van der Waals surface area contributed by atoms with Crippen molar-refractivity contribution in [3.63, 3.8) is 0 Å². The molecule has 0 radical (unpaired) electrons. The van der Waals surface area contributed by atoms with Gasteiger partial charge in [0.2, 0.25) is 28.1 Å². The topological polar surface area (TPSA) is 11.6 Å². The number of nitrogens with zero attached hydrogens (tertiary/aromatic N) is 3. The standard InChI is InChI=1S/C24H20NS.2C23H18NS/c1-15-8-10-18(16(2)14-15)20-11-13-22-24(25(20)3)23-19-7-5-4-6-17(19)9-12-21(23)26-22;1-15-7-3-6-10-18(15)20-11-12-21-23(24(20)2)19-13-16-8-4-5-9-17(16)14-22(19)25-21;1-15-7-3-5-9-17(15)21-13-20-19-12-11-16-8-4-6-10-18(16)23(19)25-22(20)14-24(21)2/h4-14H,1-3H3;2*3-14H,1-2H3/q3*+1/i1D3;;. The molecule has 0 aliphatic rings.